The lowest BCUT2D eigenvalue weighted by atomic mass is 9.33. The lowest BCUT2D eigenvalue weighted by molar-refractivity contribution is 0.590. The van der Waals surface area contributed by atoms with E-state index in [1.807, 2.05) is 0 Å². The van der Waals surface area contributed by atoms with Crippen LogP contribution in [0.2, 0.25) is 0 Å². The number of benzene rings is 15. The third-order valence-corrected chi connectivity index (χ3v) is 27.2. The van der Waals surface area contributed by atoms with Crippen LogP contribution in [0.1, 0.15) is 184 Å². The average molecular weight is 1610 g/mol. The van der Waals surface area contributed by atoms with Gasteiger partial charge in [0.1, 0.15) is 0 Å². The molecule has 2 aliphatic rings. The van der Waals surface area contributed by atoms with Gasteiger partial charge in [-0.2, -0.15) is 0 Å². The predicted octanol–water partition coefficient (Wildman–Crippen LogP) is 30.8. The third-order valence-electron chi connectivity index (χ3n) is 27.2. The zero-order valence-electron chi connectivity index (χ0n) is 76.3. The quantitative estimate of drug-likeness (QED) is 0.134. The molecule has 0 atom stereocenters. The number of fused-ring (bicyclic) bond motifs is 13. The van der Waals surface area contributed by atoms with Crippen molar-refractivity contribution >= 4 is 123 Å². The van der Waals surface area contributed by atoms with Crippen molar-refractivity contribution in [2.45, 2.75) is 183 Å². The van der Waals surface area contributed by atoms with Crippen molar-refractivity contribution in [1.29, 1.82) is 0 Å². The molecule has 20 rings (SSSR count). The van der Waals surface area contributed by atoms with E-state index < -0.39 is 0 Å². The highest BCUT2D eigenvalue weighted by Crippen LogP contribution is 2.56. The topological polar surface area (TPSA) is 21.3 Å². The summed E-state index contributed by atoms with van der Waals surface area (Å²) < 4.78 is 7.62. The molecule has 2 aliphatic heterocycles. The van der Waals surface area contributed by atoms with Gasteiger partial charge in [-0.3, -0.25) is 0 Å². The second-order valence-corrected chi connectivity index (χ2v) is 42.7. The maximum atomic E-state index is 2.77. The van der Waals surface area contributed by atoms with E-state index in [0.29, 0.717) is 0 Å². The van der Waals surface area contributed by atoms with Crippen LogP contribution in [0.15, 0.2) is 309 Å². The van der Waals surface area contributed by atoms with Gasteiger partial charge in [-0.1, -0.05) is 358 Å². The Hall–Kier alpha value is -12.6. The fourth-order valence-electron chi connectivity index (χ4n) is 20.1. The first-order valence-electron chi connectivity index (χ1n) is 44.8. The van der Waals surface area contributed by atoms with Gasteiger partial charge in [-0.15, -0.1) is 0 Å². The van der Waals surface area contributed by atoms with E-state index in [2.05, 4.69) is 478 Å². The summed E-state index contributed by atoms with van der Waals surface area (Å²) in [5.74, 6) is 0. The van der Waals surface area contributed by atoms with Crippen molar-refractivity contribution in [2.24, 2.45) is 0 Å². The zero-order chi connectivity index (χ0) is 86.5. The molecular weight excluding hydrogens is 1500 g/mol. The van der Waals surface area contributed by atoms with E-state index in [1.54, 1.807) is 0 Å². The van der Waals surface area contributed by atoms with Crippen LogP contribution in [-0.4, -0.2) is 20.4 Å². The fourth-order valence-corrected chi connectivity index (χ4v) is 20.1. The van der Waals surface area contributed by atoms with Gasteiger partial charge >= 0.3 is 0 Å². The highest BCUT2D eigenvalue weighted by atomic mass is 15.2. The summed E-state index contributed by atoms with van der Waals surface area (Å²) in [5.41, 5.74) is 38.3. The summed E-state index contributed by atoms with van der Waals surface area (Å²) >= 11 is 0. The molecule has 0 aliphatic carbocycles. The maximum Gasteiger partial charge on any atom is 0.252 e. The molecule has 5 heterocycles. The van der Waals surface area contributed by atoms with E-state index >= 15 is 0 Å². The number of rotatable bonds is 9. The largest absolute Gasteiger partial charge is 0.310 e. The first-order chi connectivity index (χ1) is 58.9. The Balaban J connectivity index is 0.949. The first-order valence-corrected chi connectivity index (χ1v) is 44.8. The Bertz CT molecular complexity index is 7110. The van der Waals surface area contributed by atoms with E-state index in [1.165, 1.54) is 110 Å². The molecule has 6 heteroatoms. The predicted molar refractivity (Wildman–Crippen MR) is 536 cm³/mol. The normalized spacial score (nSPS) is 13.5. The lowest BCUT2D eigenvalue weighted by Crippen LogP contribution is -2.61. The van der Waals surface area contributed by atoms with Crippen LogP contribution in [0.3, 0.4) is 0 Å². The molecule has 15 aromatic carbocycles. The van der Waals surface area contributed by atoms with Crippen molar-refractivity contribution in [1.82, 2.24) is 13.7 Å². The standard InChI is InChI=1S/C118H114BN5/c1-112(2,3)77-49-41-73(42-50-77)87-35-29-36-88(74-43-51-78(52-44-74)113(4,5)6)110(87)123-105-69-85(121-101-63-57-81(116(13,14)15)65-93(101)94-66-82(117(16,17)18)58-64-102(94)121)59-61-97(105)119-98-62-60-86(122-100-40-28-26-34-92(100)96-71-103-95(72-104(96)122)91-33-25-27-39-99(91)120(103)84-31-23-22-24-32-84)70-106(98)124(108-68-83(118(19,20)21)67-107(123)109(108)119)111-89(75-45-53-79(54-46-75)114(7,8)9)37-30-38-90(111)76-47-55-80(56-48-76)115(10,11)12/h22-72H,1-21H3. The molecule has 124 heavy (non-hydrogen) atoms. The van der Waals surface area contributed by atoms with Gasteiger partial charge in [-0.25, -0.2) is 0 Å². The van der Waals surface area contributed by atoms with Gasteiger partial charge in [0, 0.05) is 94.4 Å². The molecule has 614 valence electrons. The molecule has 5 nitrogen and oxygen atoms in total. The number of aromatic nitrogens is 3. The third kappa shape index (κ3) is 13.2. The van der Waals surface area contributed by atoms with Crippen LogP contribution in [0, 0.1) is 0 Å². The SMILES string of the molecule is CC(C)(C)c1ccc(-c2cccc(-c3ccc(C(C)(C)C)cc3)c2N2c3cc(-n4c5ccc(C(C)(C)C)cc5c5cc(C(C)(C)C)ccc54)ccc3B3c4ccc(-n5c6ccccc6c6cc7c(cc65)c5ccccc5n7-c5ccccc5)cc4N(c4c(-c5ccc(C(C)(C)C)cc5)cccc4-c4ccc(C(C)(C)C)cc4)c4cc(C(C)(C)C)cc2c43)cc1. The molecule has 0 saturated heterocycles. The van der Waals surface area contributed by atoms with E-state index in [0.717, 1.165) is 107 Å². The fraction of sp³-hybridized carbons (Fsp3) is 0.237. The van der Waals surface area contributed by atoms with E-state index in [4.69, 9.17) is 0 Å². The molecule has 0 bridgehead atoms. The second-order valence-electron chi connectivity index (χ2n) is 42.7. The number of nitrogens with zero attached hydrogens (tertiary/aromatic N) is 5. The van der Waals surface area contributed by atoms with Crippen LogP contribution in [0.5, 0.6) is 0 Å². The summed E-state index contributed by atoms with van der Waals surface area (Å²) in [6.45, 7) is 49.0. The molecule has 3 aromatic heterocycles. The summed E-state index contributed by atoms with van der Waals surface area (Å²) in [6, 6.07) is 121. The van der Waals surface area contributed by atoms with Gasteiger partial charge in [0.25, 0.3) is 6.71 Å². The van der Waals surface area contributed by atoms with Gasteiger partial charge in [0.2, 0.25) is 0 Å². The molecular formula is C118H114BN5. The number of anilines is 6. The molecule has 0 unspecified atom stereocenters. The van der Waals surface area contributed by atoms with Crippen LogP contribution >= 0.6 is 0 Å². The van der Waals surface area contributed by atoms with Gasteiger partial charge in [-0.05, 0) is 213 Å². The summed E-state index contributed by atoms with van der Waals surface area (Å²) in [6.07, 6.45) is 0. The monoisotopic (exact) mass is 1610 g/mol. The van der Waals surface area contributed by atoms with Crippen molar-refractivity contribution in [2.75, 3.05) is 9.80 Å². The van der Waals surface area contributed by atoms with Gasteiger partial charge in [0.05, 0.1) is 44.5 Å². The molecule has 0 radical (unpaired) electrons. The minimum atomic E-state index is -0.372. The Kier molecular flexibility index (Phi) is 18.3. The molecule has 0 fully saturated rings. The second kappa shape index (κ2) is 28.5. The van der Waals surface area contributed by atoms with Crippen LogP contribution in [0.4, 0.5) is 34.1 Å². The maximum absolute atomic E-state index is 2.77. The van der Waals surface area contributed by atoms with Gasteiger partial charge in [0.15, 0.2) is 0 Å². The zero-order valence-corrected chi connectivity index (χ0v) is 76.3. The smallest absolute Gasteiger partial charge is 0.252 e. The molecule has 0 N–H and O–H groups in total. The summed E-state index contributed by atoms with van der Waals surface area (Å²) in [4.78, 5) is 5.53. The van der Waals surface area contributed by atoms with Crippen molar-refractivity contribution in [3.8, 4) is 61.6 Å². The average Bonchev–Trinajstić information content (AvgIpc) is 0.729. The molecule has 0 saturated carbocycles. The molecule has 0 spiro atoms. The Morgan fingerprint density at radius 1 is 0.194 bits per heavy atom. The van der Waals surface area contributed by atoms with Crippen molar-refractivity contribution in [3.63, 3.8) is 0 Å². The highest BCUT2D eigenvalue weighted by Gasteiger charge is 2.47. The Morgan fingerprint density at radius 3 is 0.823 bits per heavy atom. The Labute approximate surface area is 734 Å². The minimum absolute atomic E-state index is 0.0635. The number of hydrogen-bond acceptors (Lipinski definition) is 2. The number of para-hydroxylation sites is 5. The Morgan fingerprint density at radius 2 is 0.484 bits per heavy atom. The van der Waals surface area contributed by atoms with Crippen molar-refractivity contribution in [3.05, 3.63) is 348 Å². The number of hydrogen-bond donors (Lipinski definition) is 0. The summed E-state index contributed by atoms with van der Waals surface area (Å²) in [7, 11) is 0. The van der Waals surface area contributed by atoms with Crippen molar-refractivity contribution < 1.29 is 0 Å². The minimum Gasteiger partial charge on any atom is -0.310 e. The van der Waals surface area contributed by atoms with Crippen LogP contribution in [0.25, 0.3) is 127 Å². The summed E-state index contributed by atoms with van der Waals surface area (Å²) in [5, 5.41) is 7.35. The molecule has 0 amide bonds. The first kappa shape index (κ1) is 79.8. The van der Waals surface area contributed by atoms with Crippen LogP contribution < -0.4 is 26.2 Å². The van der Waals surface area contributed by atoms with Crippen LogP contribution in [-0.2, 0) is 37.9 Å². The highest BCUT2D eigenvalue weighted by molar-refractivity contribution is 7.00. The van der Waals surface area contributed by atoms with E-state index in [9.17, 15) is 0 Å². The van der Waals surface area contributed by atoms with Gasteiger partial charge < -0.3 is 23.5 Å². The lowest BCUT2D eigenvalue weighted by Gasteiger charge is -2.46. The van der Waals surface area contributed by atoms with E-state index in [-0.39, 0.29) is 44.6 Å². The molecule has 18 aromatic rings.